The van der Waals surface area contributed by atoms with E-state index in [2.05, 4.69) is 0 Å². The summed E-state index contributed by atoms with van der Waals surface area (Å²) in [7, 11) is -1.52. The average molecular weight is 273 g/mol. The van der Waals surface area contributed by atoms with Crippen LogP contribution in [-0.4, -0.2) is 22.5 Å². The zero-order valence-electron chi connectivity index (χ0n) is 10.8. The van der Waals surface area contributed by atoms with Crippen LogP contribution in [-0.2, 0) is 14.9 Å². The number of hydrogen-bond donors (Lipinski definition) is 0. The van der Waals surface area contributed by atoms with E-state index in [1.807, 2.05) is 13.8 Å². The van der Waals surface area contributed by atoms with Crippen molar-refractivity contribution in [3.8, 4) is 0 Å². The Labute approximate surface area is 109 Å². The van der Waals surface area contributed by atoms with Crippen LogP contribution in [0.2, 0.25) is 0 Å². The SMILES string of the molecule is CCCO[Si](Cc1ccc(F)cc1F)OCCC. The predicted molar refractivity (Wildman–Crippen MR) is 68.3 cm³/mol. The standard InChI is InChI=1S/C13H19F2O2Si/c1-3-7-16-18(17-8-4-2)10-11-5-6-12(14)9-13(11)15/h5-6,9H,3-4,7-8,10H2,1-2H3. The van der Waals surface area contributed by atoms with E-state index in [4.69, 9.17) is 8.85 Å². The molecule has 0 aliphatic heterocycles. The van der Waals surface area contributed by atoms with Crippen molar-refractivity contribution in [2.45, 2.75) is 32.7 Å². The van der Waals surface area contributed by atoms with Crippen LogP contribution in [0.3, 0.4) is 0 Å². The molecule has 0 aliphatic carbocycles. The summed E-state index contributed by atoms with van der Waals surface area (Å²) in [6.07, 6.45) is 1.80. The van der Waals surface area contributed by atoms with Gasteiger partial charge >= 0.3 is 9.28 Å². The van der Waals surface area contributed by atoms with Gasteiger partial charge in [0.05, 0.1) is 0 Å². The van der Waals surface area contributed by atoms with Crippen molar-refractivity contribution in [2.75, 3.05) is 13.2 Å². The molecule has 1 aromatic carbocycles. The van der Waals surface area contributed by atoms with Gasteiger partial charge in [0.25, 0.3) is 0 Å². The van der Waals surface area contributed by atoms with Crippen molar-refractivity contribution in [1.29, 1.82) is 0 Å². The third-order valence-electron chi connectivity index (χ3n) is 2.28. The lowest BCUT2D eigenvalue weighted by Crippen LogP contribution is -2.27. The Balaban J connectivity index is 2.62. The molecule has 0 saturated heterocycles. The minimum Gasteiger partial charge on any atom is -0.393 e. The molecule has 0 saturated carbocycles. The van der Waals surface area contributed by atoms with Gasteiger partial charge in [-0.2, -0.15) is 0 Å². The summed E-state index contributed by atoms with van der Waals surface area (Å²) in [5.74, 6) is -1.09. The monoisotopic (exact) mass is 273 g/mol. The highest BCUT2D eigenvalue weighted by Crippen LogP contribution is 2.12. The first-order chi connectivity index (χ1) is 8.67. The Morgan fingerprint density at radius 2 is 1.67 bits per heavy atom. The van der Waals surface area contributed by atoms with E-state index < -0.39 is 20.9 Å². The first kappa shape index (κ1) is 15.3. The van der Waals surface area contributed by atoms with Gasteiger partial charge in [-0.05, 0) is 24.5 Å². The van der Waals surface area contributed by atoms with Crippen molar-refractivity contribution in [3.63, 3.8) is 0 Å². The highest BCUT2D eigenvalue weighted by atomic mass is 28.3. The zero-order valence-corrected chi connectivity index (χ0v) is 11.8. The molecule has 0 spiro atoms. The summed E-state index contributed by atoms with van der Waals surface area (Å²) in [5.41, 5.74) is 0.456. The highest BCUT2D eigenvalue weighted by molar-refractivity contribution is 6.43. The molecule has 0 heterocycles. The molecule has 2 nitrogen and oxygen atoms in total. The van der Waals surface area contributed by atoms with Crippen LogP contribution in [0.15, 0.2) is 18.2 Å². The topological polar surface area (TPSA) is 18.5 Å². The third kappa shape index (κ3) is 5.24. The Morgan fingerprint density at radius 1 is 1.06 bits per heavy atom. The molecule has 1 radical (unpaired) electrons. The molecular formula is C13H19F2O2Si. The van der Waals surface area contributed by atoms with E-state index in [-0.39, 0.29) is 0 Å². The summed E-state index contributed by atoms with van der Waals surface area (Å²) < 4.78 is 37.5. The first-order valence-corrected chi connectivity index (χ1v) is 7.75. The van der Waals surface area contributed by atoms with Gasteiger partial charge in [-0.15, -0.1) is 0 Å². The van der Waals surface area contributed by atoms with Crippen LogP contribution in [0.25, 0.3) is 0 Å². The Bertz CT molecular complexity index is 353. The highest BCUT2D eigenvalue weighted by Gasteiger charge is 2.18. The second kappa shape index (κ2) is 8.34. The van der Waals surface area contributed by atoms with Gasteiger partial charge in [-0.3, -0.25) is 0 Å². The fraction of sp³-hybridized carbons (Fsp3) is 0.538. The van der Waals surface area contributed by atoms with E-state index in [1.54, 1.807) is 0 Å². The van der Waals surface area contributed by atoms with Crippen molar-refractivity contribution in [3.05, 3.63) is 35.4 Å². The quantitative estimate of drug-likeness (QED) is 0.676. The number of benzene rings is 1. The maximum Gasteiger partial charge on any atom is 0.389 e. The Morgan fingerprint density at radius 3 is 2.17 bits per heavy atom. The lowest BCUT2D eigenvalue weighted by molar-refractivity contribution is 0.195. The van der Waals surface area contributed by atoms with Crippen LogP contribution >= 0.6 is 0 Å². The fourth-order valence-electron chi connectivity index (χ4n) is 1.40. The predicted octanol–water partition coefficient (Wildman–Crippen LogP) is 3.39. The lowest BCUT2D eigenvalue weighted by atomic mass is 10.2. The molecule has 5 heteroatoms. The molecule has 0 fully saturated rings. The minimum atomic E-state index is -1.52. The maximum atomic E-state index is 13.5. The number of halogens is 2. The minimum absolute atomic E-state index is 0.400. The molecule has 0 unspecified atom stereocenters. The van der Waals surface area contributed by atoms with E-state index in [0.29, 0.717) is 24.8 Å². The largest absolute Gasteiger partial charge is 0.393 e. The van der Waals surface area contributed by atoms with Crippen LogP contribution in [0.1, 0.15) is 32.3 Å². The molecule has 0 N–H and O–H groups in total. The van der Waals surface area contributed by atoms with Gasteiger partial charge in [0.15, 0.2) is 0 Å². The van der Waals surface area contributed by atoms with Gasteiger partial charge in [-0.25, -0.2) is 8.78 Å². The molecule has 18 heavy (non-hydrogen) atoms. The number of hydrogen-bond acceptors (Lipinski definition) is 2. The van der Waals surface area contributed by atoms with Gasteiger partial charge < -0.3 is 8.85 Å². The van der Waals surface area contributed by atoms with Crippen LogP contribution in [0.4, 0.5) is 8.78 Å². The van der Waals surface area contributed by atoms with Crippen molar-refractivity contribution in [2.24, 2.45) is 0 Å². The molecular weight excluding hydrogens is 254 g/mol. The van der Waals surface area contributed by atoms with Gasteiger partial charge in [0.2, 0.25) is 0 Å². The molecule has 0 aromatic heterocycles. The molecule has 0 atom stereocenters. The lowest BCUT2D eigenvalue weighted by Gasteiger charge is -2.15. The summed E-state index contributed by atoms with van der Waals surface area (Å²) in [6.45, 7) is 5.25. The van der Waals surface area contributed by atoms with Crippen LogP contribution in [0.5, 0.6) is 0 Å². The van der Waals surface area contributed by atoms with E-state index in [9.17, 15) is 8.78 Å². The normalized spacial score (nSPS) is 11.2. The van der Waals surface area contributed by atoms with Crippen molar-refractivity contribution >= 4 is 9.28 Å². The van der Waals surface area contributed by atoms with Crippen molar-refractivity contribution < 1.29 is 17.6 Å². The second-order valence-corrected chi connectivity index (χ2v) is 5.66. The van der Waals surface area contributed by atoms with E-state index in [1.165, 1.54) is 12.1 Å². The fourth-order valence-corrected chi connectivity index (χ4v) is 3.14. The van der Waals surface area contributed by atoms with Crippen LogP contribution < -0.4 is 0 Å². The average Bonchev–Trinajstić information content (AvgIpc) is 2.35. The molecule has 101 valence electrons. The Kier molecular flexibility index (Phi) is 7.08. The summed E-state index contributed by atoms with van der Waals surface area (Å²) in [6, 6.07) is 4.02. The molecule has 0 bridgehead atoms. The van der Waals surface area contributed by atoms with Gasteiger partial charge in [0, 0.05) is 25.3 Å². The van der Waals surface area contributed by atoms with E-state index >= 15 is 0 Å². The van der Waals surface area contributed by atoms with E-state index in [0.717, 1.165) is 18.9 Å². The summed E-state index contributed by atoms with van der Waals surface area (Å²) in [4.78, 5) is 0. The molecule has 1 aromatic rings. The van der Waals surface area contributed by atoms with Crippen LogP contribution in [0, 0.1) is 11.6 Å². The first-order valence-electron chi connectivity index (χ1n) is 6.22. The summed E-state index contributed by atoms with van der Waals surface area (Å²) >= 11 is 0. The molecule has 1 rings (SSSR count). The summed E-state index contributed by atoms with van der Waals surface area (Å²) in [5, 5.41) is 0. The smallest absolute Gasteiger partial charge is 0.389 e. The maximum absolute atomic E-state index is 13.5. The Hall–Kier alpha value is -0.783. The van der Waals surface area contributed by atoms with Gasteiger partial charge in [0.1, 0.15) is 11.6 Å². The van der Waals surface area contributed by atoms with Crippen molar-refractivity contribution in [1.82, 2.24) is 0 Å². The molecule has 0 amide bonds. The van der Waals surface area contributed by atoms with Gasteiger partial charge in [-0.1, -0.05) is 19.9 Å². The molecule has 0 aliphatic rings. The number of rotatable bonds is 8. The third-order valence-corrected chi connectivity index (χ3v) is 4.01. The second-order valence-electron chi connectivity index (χ2n) is 3.98. The zero-order chi connectivity index (χ0) is 13.4.